The number of aromatic nitrogens is 1. The van der Waals surface area contributed by atoms with Gasteiger partial charge in [-0.3, -0.25) is 14.5 Å². The van der Waals surface area contributed by atoms with Gasteiger partial charge in [0.15, 0.2) is 11.2 Å². The molecule has 0 saturated carbocycles. The second-order valence-electron chi connectivity index (χ2n) is 6.60. The fourth-order valence-electron chi connectivity index (χ4n) is 3.61. The third-order valence-electron chi connectivity index (χ3n) is 4.80. The monoisotopic (exact) mass is 376 g/mol. The molecule has 5 rings (SSSR count). The number of para-hydroxylation sites is 1. The summed E-state index contributed by atoms with van der Waals surface area (Å²) in [5.41, 5.74) is 0.586. The maximum Gasteiger partial charge on any atom is 0.296 e. The fraction of sp³-hybridized carbons (Fsp3) is 0.0952. The quantitative estimate of drug-likeness (QED) is 0.529. The van der Waals surface area contributed by atoms with Crippen molar-refractivity contribution in [2.24, 2.45) is 0 Å². The average molecular weight is 376 g/mol. The summed E-state index contributed by atoms with van der Waals surface area (Å²) in [6, 6.07) is 13.2. The highest BCUT2D eigenvalue weighted by molar-refractivity contribution is 6.10. The van der Waals surface area contributed by atoms with Crippen molar-refractivity contribution in [2.45, 2.75) is 13.0 Å². The molecule has 0 saturated heterocycles. The molecule has 1 atom stereocenters. The van der Waals surface area contributed by atoms with Gasteiger partial charge in [0.25, 0.3) is 5.91 Å². The van der Waals surface area contributed by atoms with Crippen molar-refractivity contribution in [3.05, 3.63) is 93.3 Å². The van der Waals surface area contributed by atoms with Gasteiger partial charge < -0.3 is 8.94 Å². The highest BCUT2D eigenvalue weighted by Gasteiger charge is 2.44. The lowest BCUT2D eigenvalue weighted by Gasteiger charge is -2.22. The third kappa shape index (κ3) is 2.29. The van der Waals surface area contributed by atoms with E-state index in [0.717, 1.165) is 0 Å². The smallest absolute Gasteiger partial charge is 0.296 e. The Hall–Kier alpha value is -3.74. The zero-order valence-electron chi connectivity index (χ0n) is 14.7. The molecule has 0 N–H and O–H groups in total. The Morgan fingerprint density at radius 2 is 1.89 bits per heavy atom. The van der Waals surface area contributed by atoms with Crippen molar-refractivity contribution in [2.75, 3.05) is 4.90 Å². The molecular formula is C21H13FN2O4. The molecule has 1 aliphatic rings. The van der Waals surface area contributed by atoms with Crippen LogP contribution in [0.15, 0.2) is 68.3 Å². The van der Waals surface area contributed by atoms with Gasteiger partial charge in [0.05, 0.1) is 17.0 Å². The van der Waals surface area contributed by atoms with Gasteiger partial charge in [-0.2, -0.15) is 0 Å². The van der Waals surface area contributed by atoms with Gasteiger partial charge >= 0.3 is 0 Å². The number of benzene rings is 2. The number of carbonyl (C=O) groups is 1. The second-order valence-corrected chi connectivity index (χ2v) is 6.60. The van der Waals surface area contributed by atoms with Crippen LogP contribution >= 0.6 is 0 Å². The van der Waals surface area contributed by atoms with Crippen LogP contribution < -0.4 is 10.3 Å². The lowest BCUT2D eigenvalue weighted by atomic mass is 9.98. The Morgan fingerprint density at radius 3 is 2.64 bits per heavy atom. The standard InChI is InChI=1S/C21H13FN2O4/c1-11-9-16(23-28-11)24-18(12-5-4-6-13(22)10-12)17-19(25)14-7-2-3-8-15(14)27-20(17)21(24)26/h2-10,18H,1H3/t18-/m0/s1. The number of hydrogen-bond donors (Lipinski definition) is 0. The van der Waals surface area contributed by atoms with E-state index in [1.54, 1.807) is 43.3 Å². The van der Waals surface area contributed by atoms with E-state index in [9.17, 15) is 14.0 Å². The first kappa shape index (κ1) is 16.4. The van der Waals surface area contributed by atoms with E-state index in [1.807, 2.05) is 0 Å². The number of halogens is 1. The molecule has 2 aromatic heterocycles. The molecule has 6 nitrogen and oxygen atoms in total. The molecule has 3 heterocycles. The molecule has 0 fully saturated rings. The van der Waals surface area contributed by atoms with E-state index < -0.39 is 17.8 Å². The Balaban J connectivity index is 1.84. The number of anilines is 1. The minimum atomic E-state index is -0.872. The Labute approximate surface area is 157 Å². The van der Waals surface area contributed by atoms with E-state index in [2.05, 4.69) is 5.16 Å². The number of fused-ring (bicyclic) bond motifs is 2. The molecular weight excluding hydrogens is 363 g/mol. The Morgan fingerprint density at radius 1 is 1.07 bits per heavy atom. The number of aryl methyl sites for hydroxylation is 1. The maximum absolute atomic E-state index is 13.9. The van der Waals surface area contributed by atoms with E-state index >= 15 is 0 Å². The lowest BCUT2D eigenvalue weighted by Crippen LogP contribution is -2.29. The predicted octanol–water partition coefficient (Wildman–Crippen LogP) is 3.98. The van der Waals surface area contributed by atoms with E-state index in [4.69, 9.17) is 8.94 Å². The predicted molar refractivity (Wildman–Crippen MR) is 98.8 cm³/mol. The zero-order chi connectivity index (χ0) is 19.4. The first-order valence-electron chi connectivity index (χ1n) is 8.62. The molecule has 0 aliphatic carbocycles. The summed E-state index contributed by atoms with van der Waals surface area (Å²) in [5.74, 6) is -0.341. The van der Waals surface area contributed by atoms with Gasteiger partial charge in [0.2, 0.25) is 5.76 Å². The number of hydrogen-bond acceptors (Lipinski definition) is 5. The van der Waals surface area contributed by atoms with E-state index in [0.29, 0.717) is 22.3 Å². The van der Waals surface area contributed by atoms with E-state index in [-0.39, 0.29) is 22.6 Å². The van der Waals surface area contributed by atoms with Crippen LogP contribution in [0.4, 0.5) is 10.2 Å². The van der Waals surface area contributed by atoms with E-state index in [1.165, 1.54) is 23.1 Å². The molecule has 28 heavy (non-hydrogen) atoms. The lowest BCUT2D eigenvalue weighted by molar-refractivity contribution is 0.0969. The van der Waals surface area contributed by atoms with Crippen LogP contribution in [0.2, 0.25) is 0 Å². The summed E-state index contributed by atoms with van der Waals surface area (Å²) in [5, 5.41) is 4.28. The molecule has 1 aliphatic heterocycles. The van der Waals surface area contributed by atoms with Crippen molar-refractivity contribution in [1.29, 1.82) is 0 Å². The van der Waals surface area contributed by atoms with Crippen LogP contribution in [0.3, 0.4) is 0 Å². The minimum Gasteiger partial charge on any atom is -0.450 e. The van der Waals surface area contributed by atoms with Crippen LogP contribution in [-0.4, -0.2) is 11.1 Å². The average Bonchev–Trinajstić information content (AvgIpc) is 3.23. The summed E-state index contributed by atoms with van der Waals surface area (Å²) in [6.45, 7) is 1.69. The van der Waals surface area contributed by atoms with Gasteiger partial charge in [-0.05, 0) is 36.8 Å². The second kappa shape index (κ2) is 5.88. The largest absolute Gasteiger partial charge is 0.450 e. The Kier molecular flexibility index (Phi) is 3.45. The molecule has 0 unspecified atom stereocenters. The van der Waals surface area contributed by atoms with Crippen LogP contribution in [0.25, 0.3) is 11.0 Å². The number of carbonyl (C=O) groups excluding carboxylic acids is 1. The molecule has 7 heteroatoms. The molecule has 0 spiro atoms. The van der Waals surface area contributed by atoms with Crippen LogP contribution in [0, 0.1) is 12.7 Å². The first-order chi connectivity index (χ1) is 13.5. The van der Waals surface area contributed by atoms with Crippen LogP contribution in [-0.2, 0) is 0 Å². The van der Waals surface area contributed by atoms with Gasteiger partial charge in [-0.15, -0.1) is 0 Å². The summed E-state index contributed by atoms with van der Waals surface area (Å²) in [4.78, 5) is 27.7. The van der Waals surface area contributed by atoms with Crippen molar-refractivity contribution >= 4 is 22.7 Å². The highest BCUT2D eigenvalue weighted by Crippen LogP contribution is 2.40. The first-order valence-corrected chi connectivity index (χ1v) is 8.62. The fourth-order valence-corrected chi connectivity index (χ4v) is 3.61. The Bertz CT molecular complexity index is 1310. The topological polar surface area (TPSA) is 76.6 Å². The summed E-state index contributed by atoms with van der Waals surface area (Å²) >= 11 is 0. The maximum atomic E-state index is 13.9. The molecule has 0 bridgehead atoms. The third-order valence-corrected chi connectivity index (χ3v) is 4.80. The van der Waals surface area contributed by atoms with Gasteiger partial charge in [0, 0.05) is 6.07 Å². The number of nitrogens with zero attached hydrogens (tertiary/aromatic N) is 2. The zero-order valence-corrected chi connectivity index (χ0v) is 14.7. The molecule has 1 amide bonds. The van der Waals surface area contributed by atoms with Gasteiger partial charge in [-0.1, -0.05) is 29.4 Å². The minimum absolute atomic E-state index is 0.0707. The van der Waals surface area contributed by atoms with Crippen molar-refractivity contribution < 1.29 is 18.1 Å². The molecule has 4 aromatic rings. The summed E-state index contributed by atoms with van der Waals surface area (Å²) < 4.78 is 24.8. The van der Waals surface area contributed by atoms with Gasteiger partial charge in [0.1, 0.15) is 17.2 Å². The molecule has 138 valence electrons. The normalized spacial score (nSPS) is 16.0. The SMILES string of the molecule is Cc1cc(N2C(=O)c3oc4ccccc4c(=O)c3[C@@H]2c2cccc(F)c2)no1. The van der Waals surface area contributed by atoms with Crippen molar-refractivity contribution in [1.82, 2.24) is 5.16 Å². The van der Waals surface area contributed by atoms with Crippen molar-refractivity contribution in [3.63, 3.8) is 0 Å². The summed E-state index contributed by atoms with van der Waals surface area (Å²) in [6.07, 6.45) is 0. The molecule has 2 aromatic carbocycles. The number of rotatable bonds is 2. The van der Waals surface area contributed by atoms with Crippen LogP contribution in [0.5, 0.6) is 0 Å². The van der Waals surface area contributed by atoms with Gasteiger partial charge in [-0.25, -0.2) is 4.39 Å². The number of amides is 1. The van der Waals surface area contributed by atoms with Crippen molar-refractivity contribution in [3.8, 4) is 0 Å². The summed E-state index contributed by atoms with van der Waals surface area (Å²) in [7, 11) is 0. The highest BCUT2D eigenvalue weighted by atomic mass is 19.1. The molecule has 0 radical (unpaired) electrons. The van der Waals surface area contributed by atoms with Crippen LogP contribution in [0.1, 0.15) is 33.5 Å².